The van der Waals surface area contributed by atoms with Crippen LogP contribution < -0.4 is 5.73 Å². The molecule has 0 saturated heterocycles. The van der Waals surface area contributed by atoms with Gasteiger partial charge in [-0.05, 0) is 26.8 Å². The number of nitrogens with two attached hydrogens (primary N) is 1. The number of nitro groups is 1. The molecular formula is C13H14N2O4S. The Kier molecular flexibility index (Phi) is 3.39. The lowest BCUT2D eigenvalue weighted by Gasteiger charge is -2.18. The van der Waals surface area contributed by atoms with Gasteiger partial charge < -0.3 is 10.5 Å². The Hall–Kier alpha value is -2.15. The van der Waals surface area contributed by atoms with Crippen molar-refractivity contribution in [3.63, 3.8) is 0 Å². The summed E-state index contributed by atoms with van der Waals surface area (Å²) in [5, 5.41) is 11.3. The minimum absolute atomic E-state index is 0.0576. The highest BCUT2D eigenvalue weighted by Crippen LogP contribution is 2.36. The molecule has 0 unspecified atom stereocenters. The van der Waals surface area contributed by atoms with E-state index >= 15 is 0 Å². The van der Waals surface area contributed by atoms with E-state index < -0.39 is 16.5 Å². The maximum atomic E-state index is 12.0. The van der Waals surface area contributed by atoms with Crippen LogP contribution in [0.1, 0.15) is 30.4 Å². The fourth-order valence-corrected chi connectivity index (χ4v) is 2.67. The third-order valence-corrected chi connectivity index (χ3v) is 3.67. The van der Waals surface area contributed by atoms with Crippen molar-refractivity contribution in [1.29, 1.82) is 0 Å². The third kappa shape index (κ3) is 2.72. The average Bonchev–Trinajstić information content (AvgIpc) is 2.64. The van der Waals surface area contributed by atoms with E-state index in [2.05, 4.69) is 0 Å². The van der Waals surface area contributed by atoms with E-state index in [4.69, 9.17) is 10.5 Å². The van der Waals surface area contributed by atoms with Crippen LogP contribution in [0, 0.1) is 10.1 Å². The Balaban J connectivity index is 2.49. The van der Waals surface area contributed by atoms with Crippen LogP contribution >= 0.6 is 11.3 Å². The maximum absolute atomic E-state index is 12.0. The van der Waals surface area contributed by atoms with Crippen LogP contribution in [0.5, 0.6) is 0 Å². The second kappa shape index (κ2) is 4.75. The largest absolute Gasteiger partial charge is 0.456 e. The van der Waals surface area contributed by atoms with Crippen molar-refractivity contribution in [1.82, 2.24) is 0 Å². The highest BCUT2D eigenvalue weighted by atomic mass is 32.1. The summed E-state index contributed by atoms with van der Waals surface area (Å²) < 4.78 is 5.99. The van der Waals surface area contributed by atoms with E-state index in [0.29, 0.717) is 10.1 Å². The normalized spacial score (nSPS) is 11.6. The first-order chi connectivity index (χ1) is 9.19. The molecule has 2 N–H and O–H groups in total. The molecule has 6 nitrogen and oxygen atoms in total. The van der Waals surface area contributed by atoms with E-state index in [1.807, 2.05) is 0 Å². The molecule has 0 bridgehead atoms. The van der Waals surface area contributed by atoms with Gasteiger partial charge in [-0.15, -0.1) is 11.3 Å². The molecule has 2 aromatic rings. The van der Waals surface area contributed by atoms with Gasteiger partial charge in [0.05, 0.1) is 10.6 Å². The first-order valence-electron chi connectivity index (χ1n) is 5.89. The number of thiophene rings is 1. The van der Waals surface area contributed by atoms with Crippen molar-refractivity contribution in [3.05, 3.63) is 33.2 Å². The van der Waals surface area contributed by atoms with Crippen molar-refractivity contribution >= 4 is 38.8 Å². The highest BCUT2D eigenvalue weighted by molar-refractivity contribution is 7.21. The number of nitrogens with zero attached hydrogens (tertiary/aromatic N) is 1. The fourth-order valence-electron chi connectivity index (χ4n) is 1.69. The van der Waals surface area contributed by atoms with E-state index in [9.17, 15) is 14.9 Å². The molecule has 0 amide bonds. The molecule has 0 atom stereocenters. The number of nitro benzene ring substituents is 1. The summed E-state index contributed by atoms with van der Waals surface area (Å²) >= 11 is 1.17. The van der Waals surface area contributed by atoms with Crippen molar-refractivity contribution in [3.8, 4) is 0 Å². The number of ether oxygens (including phenoxy) is 1. The Morgan fingerprint density at radius 2 is 2.05 bits per heavy atom. The first-order valence-corrected chi connectivity index (χ1v) is 6.70. The number of carbonyl (C=O) groups is 1. The predicted molar refractivity (Wildman–Crippen MR) is 78.1 cm³/mol. The molecule has 0 aliphatic rings. The molecule has 0 saturated carbocycles. The number of anilines is 1. The second-order valence-corrected chi connectivity index (χ2v) is 6.34. The summed E-state index contributed by atoms with van der Waals surface area (Å²) in [6, 6.07) is 4.34. The van der Waals surface area contributed by atoms with Gasteiger partial charge in [-0.1, -0.05) is 0 Å². The Labute approximate surface area is 119 Å². The van der Waals surface area contributed by atoms with Crippen molar-refractivity contribution in [2.75, 3.05) is 5.73 Å². The smallest absolute Gasteiger partial charge is 0.351 e. The molecule has 2 rings (SSSR count). The molecule has 20 heavy (non-hydrogen) atoms. The summed E-state index contributed by atoms with van der Waals surface area (Å²) in [6.45, 7) is 5.29. The monoisotopic (exact) mass is 294 g/mol. The number of fused-ring (bicyclic) bond motifs is 1. The molecule has 7 heteroatoms. The van der Waals surface area contributed by atoms with Crippen molar-refractivity contribution in [2.24, 2.45) is 0 Å². The number of hydrogen-bond donors (Lipinski definition) is 1. The number of benzene rings is 1. The fraction of sp³-hybridized carbons (Fsp3) is 0.308. The number of nitrogen functional groups attached to an aromatic ring is 1. The predicted octanol–water partition coefficient (Wildman–Crippen LogP) is 3.35. The first kappa shape index (κ1) is 14.3. The molecule has 0 aliphatic carbocycles. The Morgan fingerprint density at radius 3 is 2.60 bits per heavy atom. The van der Waals surface area contributed by atoms with Crippen LogP contribution in [0.4, 0.5) is 11.4 Å². The topological polar surface area (TPSA) is 95.5 Å². The number of non-ortho nitro benzene ring substituents is 1. The van der Waals surface area contributed by atoms with Crippen LogP contribution in [0.2, 0.25) is 0 Å². The molecular weight excluding hydrogens is 280 g/mol. The summed E-state index contributed by atoms with van der Waals surface area (Å²) in [4.78, 5) is 22.6. The van der Waals surface area contributed by atoms with E-state index in [1.54, 1.807) is 26.8 Å². The lowest BCUT2D eigenvalue weighted by Crippen LogP contribution is -2.23. The highest BCUT2D eigenvalue weighted by Gasteiger charge is 2.23. The molecule has 0 aliphatic heterocycles. The Bertz CT molecular complexity index is 700. The van der Waals surface area contributed by atoms with Gasteiger partial charge in [0.2, 0.25) is 0 Å². The minimum atomic E-state index is -0.619. The molecule has 0 radical (unpaired) electrons. The standard InChI is InChI=1S/C13H14N2O4S/c1-13(2,3)19-12(16)11-10(14)8-6-7(15(17)18)4-5-9(8)20-11/h4-6H,14H2,1-3H3. The summed E-state index contributed by atoms with van der Waals surface area (Å²) in [5.74, 6) is -0.515. The van der Waals surface area contributed by atoms with Crippen LogP contribution in [-0.2, 0) is 4.74 Å². The van der Waals surface area contributed by atoms with Gasteiger partial charge in [0, 0.05) is 22.2 Å². The zero-order chi connectivity index (χ0) is 15.1. The van der Waals surface area contributed by atoms with Crippen LogP contribution in [-0.4, -0.2) is 16.5 Å². The zero-order valence-corrected chi connectivity index (χ0v) is 12.1. The number of hydrogen-bond acceptors (Lipinski definition) is 6. The van der Waals surface area contributed by atoms with Crippen LogP contribution in [0.25, 0.3) is 10.1 Å². The molecule has 1 heterocycles. The molecule has 0 fully saturated rings. The lowest BCUT2D eigenvalue weighted by atomic mass is 10.2. The van der Waals surface area contributed by atoms with Gasteiger partial charge in [0.1, 0.15) is 10.5 Å². The van der Waals surface area contributed by atoms with Gasteiger partial charge >= 0.3 is 5.97 Å². The number of esters is 1. The van der Waals surface area contributed by atoms with Gasteiger partial charge in [-0.3, -0.25) is 10.1 Å². The van der Waals surface area contributed by atoms with Gasteiger partial charge in [-0.2, -0.15) is 0 Å². The van der Waals surface area contributed by atoms with Gasteiger partial charge in [0.25, 0.3) is 5.69 Å². The Morgan fingerprint density at radius 1 is 1.40 bits per heavy atom. The summed E-state index contributed by atoms with van der Waals surface area (Å²) in [7, 11) is 0. The third-order valence-electron chi connectivity index (χ3n) is 2.51. The summed E-state index contributed by atoms with van der Waals surface area (Å²) in [6.07, 6.45) is 0. The summed E-state index contributed by atoms with van der Waals surface area (Å²) in [5.41, 5.74) is 5.46. The number of carbonyl (C=O) groups excluding carboxylic acids is 1. The van der Waals surface area contributed by atoms with Gasteiger partial charge in [-0.25, -0.2) is 4.79 Å². The molecule has 1 aromatic carbocycles. The SMILES string of the molecule is CC(C)(C)OC(=O)c1sc2ccc([N+](=O)[O-])cc2c1N. The van der Waals surface area contributed by atoms with E-state index in [-0.39, 0.29) is 16.3 Å². The minimum Gasteiger partial charge on any atom is -0.456 e. The van der Waals surface area contributed by atoms with E-state index in [0.717, 1.165) is 0 Å². The van der Waals surface area contributed by atoms with Crippen molar-refractivity contribution in [2.45, 2.75) is 26.4 Å². The van der Waals surface area contributed by atoms with Crippen molar-refractivity contribution < 1.29 is 14.5 Å². The zero-order valence-electron chi connectivity index (χ0n) is 11.3. The molecule has 1 aromatic heterocycles. The average molecular weight is 294 g/mol. The number of rotatable bonds is 2. The molecule has 0 spiro atoms. The van der Waals surface area contributed by atoms with Gasteiger partial charge in [0.15, 0.2) is 0 Å². The van der Waals surface area contributed by atoms with Crippen LogP contribution in [0.3, 0.4) is 0 Å². The van der Waals surface area contributed by atoms with Crippen LogP contribution in [0.15, 0.2) is 18.2 Å². The quantitative estimate of drug-likeness (QED) is 0.520. The maximum Gasteiger partial charge on any atom is 0.351 e. The second-order valence-electron chi connectivity index (χ2n) is 5.28. The molecule has 106 valence electrons. The lowest BCUT2D eigenvalue weighted by molar-refractivity contribution is -0.384. The van der Waals surface area contributed by atoms with E-state index in [1.165, 1.54) is 23.5 Å².